The predicted octanol–water partition coefficient (Wildman–Crippen LogP) is 1.36. The number of nitrogens with one attached hydrogen (secondary N) is 2. The lowest BCUT2D eigenvalue weighted by Gasteiger charge is -2.27. The number of aliphatic imine (C=N–C) groups is 1. The summed E-state index contributed by atoms with van der Waals surface area (Å²) in [6.45, 7) is 0.477. The fourth-order valence-electron chi connectivity index (χ4n) is 2.17. The quantitative estimate of drug-likeness (QED) is 0.870. The molecular formula is C16H16N4O2S. The van der Waals surface area contributed by atoms with E-state index in [4.69, 9.17) is 0 Å². The Hall–Kier alpha value is -2.67. The summed E-state index contributed by atoms with van der Waals surface area (Å²) in [5, 5.41) is 8.22. The fraction of sp³-hybridized carbons (Fsp3) is 0.188. The second-order valence-electron chi connectivity index (χ2n) is 4.98. The number of hydrogen-bond acceptors (Lipinski definition) is 5. The van der Waals surface area contributed by atoms with Crippen LogP contribution in [-0.2, 0) is 16.0 Å². The Morgan fingerprint density at radius 1 is 1.30 bits per heavy atom. The van der Waals surface area contributed by atoms with Crippen LogP contribution in [0.15, 0.2) is 52.2 Å². The van der Waals surface area contributed by atoms with Crippen LogP contribution in [0.4, 0.5) is 5.69 Å². The molecule has 2 N–H and O–H groups in total. The second kappa shape index (κ2) is 7.06. The second-order valence-corrected chi connectivity index (χ2v) is 5.76. The molecule has 7 heteroatoms. The van der Waals surface area contributed by atoms with Gasteiger partial charge in [-0.2, -0.15) is 11.3 Å². The molecule has 2 amide bonds. The first-order valence-electron chi connectivity index (χ1n) is 7.22. The van der Waals surface area contributed by atoms with Gasteiger partial charge in [-0.3, -0.25) is 20.0 Å². The third kappa shape index (κ3) is 3.75. The number of amides is 2. The van der Waals surface area contributed by atoms with Gasteiger partial charge in [-0.05, 0) is 40.9 Å². The molecule has 0 unspecified atom stereocenters. The molecular weight excluding hydrogens is 312 g/mol. The van der Waals surface area contributed by atoms with Crippen molar-refractivity contribution in [3.63, 3.8) is 0 Å². The maximum absolute atomic E-state index is 12.2. The summed E-state index contributed by atoms with van der Waals surface area (Å²) in [6, 6.07) is 11.1. The highest BCUT2D eigenvalue weighted by Gasteiger charge is 2.25. The summed E-state index contributed by atoms with van der Waals surface area (Å²) < 4.78 is 0. The Morgan fingerprint density at radius 2 is 2.13 bits per heavy atom. The minimum Gasteiger partial charge on any atom is -0.349 e. The van der Waals surface area contributed by atoms with E-state index in [-0.39, 0.29) is 24.2 Å². The standard InChI is InChI=1S/C16H16N4O2S/c21-14-10-18-15(19-20(14)13-4-2-1-3-5-13)16(22)17-8-6-12-7-9-23-11-12/h1-5,7,9,11H,6,8,10H2,(H,17,22)(H,18,19). The number of nitrogens with zero attached hydrogens (tertiary/aromatic N) is 2. The minimum absolute atomic E-state index is 0.0465. The lowest BCUT2D eigenvalue weighted by Crippen LogP contribution is -2.55. The van der Waals surface area contributed by atoms with Crippen LogP contribution in [0.2, 0.25) is 0 Å². The summed E-state index contributed by atoms with van der Waals surface area (Å²) in [6.07, 6.45) is 0.768. The highest BCUT2D eigenvalue weighted by Crippen LogP contribution is 2.13. The van der Waals surface area contributed by atoms with Crippen molar-refractivity contribution < 1.29 is 9.59 Å². The van der Waals surface area contributed by atoms with Gasteiger partial charge in [0.25, 0.3) is 11.8 Å². The first kappa shape index (κ1) is 15.2. The molecule has 1 aliphatic heterocycles. The zero-order valence-corrected chi connectivity index (χ0v) is 13.2. The van der Waals surface area contributed by atoms with Gasteiger partial charge in [0.2, 0.25) is 5.84 Å². The van der Waals surface area contributed by atoms with Crippen molar-refractivity contribution in [2.45, 2.75) is 6.42 Å². The molecule has 1 aromatic heterocycles. The molecule has 0 atom stereocenters. The van der Waals surface area contributed by atoms with E-state index in [1.165, 1.54) is 10.6 Å². The molecule has 2 aromatic rings. The predicted molar refractivity (Wildman–Crippen MR) is 90.4 cm³/mol. The number of hydrogen-bond donors (Lipinski definition) is 2. The van der Waals surface area contributed by atoms with Crippen molar-refractivity contribution in [1.82, 2.24) is 10.7 Å². The summed E-state index contributed by atoms with van der Waals surface area (Å²) in [5.74, 6) is -0.363. The largest absolute Gasteiger partial charge is 0.349 e. The molecule has 0 spiro atoms. The van der Waals surface area contributed by atoms with Gasteiger partial charge in [0.1, 0.15) is 6.54 Å². The summed E-state index contributed by atoms with van der Waals surface area (Å²) in [7, 11) is 0. The number of hydrazine groups is 1. The SMILES string of the molecule is O=C(NCCc1ccsc1)C1=NCC(=O)N(c2ccccc2)N1. The number of carbonyl (C=O) groups is 2. The number of amidine groups is 1. The average molecular weight is 328 g/mol. The van der Waals surface area contributed by atoms with Gasteiger partial charge in [0.15, 0.2) is 0 Å². The van der Waals surface area contributed by atoms with Crippen LogP contribution in [0.1, 0.15) is 5.56 Å². The number of para-hydroxylation sites is 1. The zero-order chi connectivity index (χ0) is 16.1. The van der Waals surface area contributed by atoms with Crippen LogP contribution >= 0.6 is 11.3 Å². The van der Waals surface area contributed by atoms with E-state index in [2.05, 4.69) is 21.1 Å². The highest BCUT2D eigenvalue weighted by atomic mass is 32.1. The lowest BCUT2D eigenvalue weighted by atomic mass is 10.2. The number of carbonyl (C=O) groups excluding carboxylic acids is 2. The van der Waals surface area contributed by atoms with Crippen molar-refractivity contribution in [2.24, 2.45) is 4.99 Å². The van der Waals surface area contributed by atoms with Crippen LogP contribution in [0.5, 0.6) is 0 Å². The van der Waals surface area contributed by atoms with Gasteiger partial charge in [0.05, 0.1) is 5.69 Å². The normalized spacial score (nSPS) is 14.2. The van der Waals surface area contributed by atoms with Crippen molar-refractivity contribution in [2.75, 3.05) is 18.1 Å². The average Bonchev–Trinajstić information content (AvgIpc) is 3.09. The van der Waals surface area contributed by atoms with Gasteiger partial charge < -0.3 is 5.32 Å². The third-order valence-corrected chi connectivity index (χ3v) is 4.08. The number of rotatable bonds is 5. The van der Waals surface area contributed by atoms with E-state index in [0.29, 0.717) is 12.2 Å². The highest BCUT2D eigenvalue weighted by molar-refractivity contribution is 7.07. The molecule has 23 heavy (non-hydrogen) atoms. The monoisotopic (exact) mass is 328 g/mol. The molecule has 6 nitrogen and oxygen atoms in total. The molecule has 0 saturated carbocycles. The maximum atomic E-state index is 12.2. The Balaban J connectivity index is 1.59. The molecule has 0 bridgehead atoms. The zero-order valence-electron chi connectivity index (χ0n) is 12.4. The van der Waals surface area contributed by atoms with E-state index in [1.54, 1.807) is 23.5 Å². The van der Waals surface area contributed by atoms with Gasteiger partial charge >= 0.3 is 0 Å². The topological polar surface area (TPSA) is 73.8 Å². The van der Waals surface area contributed by atoms with Crippen LogP contribution in [0, 0.1) is 0 Å². The summed E-state index contributed by atoms with van der Waals surface area (Å²) >= 11 is 1.63. The molecule has 0 aliphatic carbocycles. The molecule has 1 aliphatic rings. The van der Waals surface area contributed by atoms with Gasteiger partial charge in [0, 0.05) is 6.54 Å². The molecule has 118 valence electrons. The number of anilines is 1. The third-order valence-electron chi connectivity index (χ3n) is 3.35. The van der Waals surface area contributed by atoms with Crippen molar-refractivity contribution >= 4 is 34.7 Å². The van der Waals surface area contributed by atoms with Crippen molar-refractivity contribution in [1.29, 1.82) is 0 Å². The van der Waals surface area contributed by atoms with E-state index < -0.39 is 0 Å². The van der Waals surface area contributed by atoms with E-state index in [0.717, 1.165) is 6.42 Å². The van der Waals surface area contributed by atoms with Crippen LogP contribution < -0.4 is 15.8 Å². The van der Waals surface area contributed by atoms with E-state index >= 15 is 0 Å². The van der Waals surface area contributed by atoms with Crippen molar-refractivity contribution in [3.05, 3.63) is 52.7 Å². The Kier molecular flexibility index (Phi) is 4.68. The molecule has 2 heterocycles. The fourth-order valence-corrected chi connectivity index (χ4v) is 2.87. The first-order valence-corrected chi connectivity index (χ1v) is 8.17. The Labute approximate surface area is 137 Å². The summed E-state index contributed by atoms with van der Waals surface area (Å²) in [5.41, 5.74) is 4.65. The summed E-state index contributed by atoms with van der Waals surface area (Å²) in [4.78, 5) is 28.1. The number of thiophene rings is 1. The molecule has 3 rings (SSSR count). The van der Waals surface area contributed by atoms with Crippen LogP contribution in [-0.4, -0.2) is 30.7 Å². The smallest absolute Gasteiger partial charge is 0.288 e. The van der Waals surface area contributed by atoms with E-state index in [1.807, 2.05) is 29.6 Å². The van der Waals surface area contributed by atoms with Gasteiger partial charge in [-0.15, -0.1) is 0 Å². The minimum atomic E-state index is -0.311. The molecule has 0 saturated heterocycles. The van der Waals surface area contributed by atoms with Gasteiger partial charge in [-0.25, -0.2) is 5.01 Å². The van der Waals surface area contributed by atoms with Gasteiger partial charge in [-0.1, -0.05) is 18.2 Å². The maximum Gasteiger partial charge on any atom is 0.288 e. The lowest BCUT2D eigenvalue weighted by molar-refractivity contribution is -0.118. The van der Waals surface area contributed by atoms with Crippen LogP contribution in [0.25, 0.3) is 0 Å². The molecule has 1 aromatic carbocycles. The first-order chi connectivity index (χ1) is 11.2. The van der Waals surface area contributed by atoms with Crippen molar-refractivity contribution in [3.8, 4) is 0 Å². The number of benzene rings is 1. The Morgan fingerprint density at radius 3 is 2.87 bits per heavy atom. The molecule has 0 fully saturated rings. The van der Waals surface area contributed by atoms with E-state index in [9.17, 15) is 9.59 Å². The van der Waals surface area contributed by atoms with Crippen LogP contribution in [0.3, 0.4) is 0 Å². The Bertz CT molecular complexity index is 713. The molecule has 0 radical (unpaired) electrons.